The highest BCUT2D eigenvalue weighted by Gasteiger charge is 2.27. The molecule has 0 amide bonds. The summed E-state index contributed by atoms with van der Waals surface area (Å²) in [5.74, 6) is 0.0148. The fraction of sp³-hybridized carbons (Fsp3) is 0.0606. The Bertz CT molecular complexity index is 1360. The van der Waals surface area contributed by atoms with Gasteiger partial charge in [-0.1, -0.05) is 127 Å². The van der Waals surface area contributed by atoms with Crippen molar-refractivity contribution in [2.75, 3.05) is 0 Å². The van der Waals surface area contributed by atoms with Crippen LogP contribution in [0, 0.1) is 0 Å². The summed E-state index contributed by atoms with van der Waals surface area (Å²) in [4.78, 5) is 5.11. The van der Waals surface area contributed by atoms with Gasteiger partial charge >= 0.3 is 0 Å². The van der Waals surface area contributed by atoms with Crippen molar-refractivity contribution in [1.82, 2.24) is 0 Å². The van der Waals surface area contributed by atoms with Crippen molar-refractivity contribution in [3.63, 3.8) is 0 Å². The molecule has 4 aromatic carbocycles. The van der Waals surface area contributed by atoms with Crippen molar-refractivity contribution in [2.24, 2.45) is 4.99 Å². The van der Waals surface area contributed by atoms with Crippen molar-refractivity contribution >= 4 is 22.9 Å². The van der Waals surface area contributed by atoms with E-state index in [1.54, 1.807) is 0 Å². The quantitative estimate of drug-likeness (QED) is 0.297. The second-order valence-corrected chi connectivity index (χ2v) is 8.46. The van der Waals surface area contributed by atoms with Gasteiger partial charge in [0.15, 0.2) is 0 Å². The number of aliphatic imine (C=N–C) groups is 1. The fourth-order valence-electron chi connectivity index (χ4n) is 4.60. The maximum atomic E-state index is 5.11. The van der Waals surface area contributed by atoms with Crippen LogP contribution >= 0.6 is 0 Å². The summed E-state index contributed by atoms with van der Waals surface area (Å²) in [5, 5.41) is 0. The van der Waals surface area contributed by atoms with Crippen LogP contribution in [0.25, 0.3) is 17.2 Å². The maximum Gasteiger partial charge on any atom is 0.0523 e. The first-order chi connectivity index (χ1) is 16.8. The average molecular weight is 438 g/mol. The highest BCUT2D eigenvalue weighted by Crippen LogP contribution is 2.42. The normalized spacial score (nSPS) is 16.2. The molecule has 164 valence electrons. The molecule has 0 N–H and O–H groups in total. The van der Waals surface area contributed by atoms with E-state index in [0.29, 0.717) is 0 Å². The lowest BCUT2D eigenvalue weighted by molar-refractivity contribution is 1.15. The molecule has 0 bridgehead atoms. The van der Waals surface area contributed by atoms with Crippen molar-refractivity contribution < 1.29 is 0 Å². The molecular formula is C33H27N. The first-order valence-electron chi connectivity index (χ1n) is 11.7. The summed E-state index contributed by atoms with van der Waals surface area (Å²) in [6, 6.07) is 42.4. The van der Waals surface area contributed by atoms with Crippen LogP contribution in [0.5, 0.6) is 0 Å². The van der Waals surface area contributed by atoms with Gasteiger partial charge < -0.3 is 0 Å². The van der Waals surface area contributed by atoms with E-state index in [0.717, 1.165) is 16.8 Å². The average Bonchev–Trinajstić information content (AvgIpc) is 3.05. The van der Waals surface area contributed by atoms with Crippen LogP contribution in [0.3, 0.4) is 0 Å². The lowest BCUT2D eigenvalue weighted by atomic mass is 9.79. The minimum atomic E-state index is 0.0148. The molecule has 1 atom stereocenters. The molecule has 0 fully saturated rings. The van der Waals surface area contributed by atoms with Crippen molar-refractivity contribution in [3.8, 4) is 0 Å². The smallest absolute Gasteiger partial charge is 0.0523 e. The van der Waals surface area contributed by atoms with Crippen LogP contribution in [0.4, 0.5) is 0 Å². The van der Waals surface area contributed by atoms with Crippen LogP contribution in [0.1, 0.15) is 35.1 Å². The first-order valence-corrected chi connectivity index (χ1v) is 11.7. The van der Waals surface area contributed by atoms with E-state index < -0.39 is 0 Å². The standard InChI is InChI=1S/C33H27N/c1-25-30(27-16-8-3-9-17-27)24-34-31(23-22-26-14-6-2-7-15-26)33(29-20-12-5-13-21-29)32(25)28-18-10-4-11-19-28/h2-24,33H,1H3/b23-22+/t33-/m1/s1. The Morgan fingerprint density at radius 2 is 1.12 bits per heavy atom. The zero-order valence-electron chi connectivity index (χ0n) is 19.3. The Morgan fingerprint density at radius 3 is 1.74 bits per heavy atom. The van der Waals surface area contributed by atoms with Crippen LogP contribution in [0.15, 0.2) is 144 Å². The zero-order chi connectivity index (χ0) is 23.2. The summed E-state index contributed by atoms with van der Waals surface area (Å²) in [5.41, 5.74) is 9.52. The van der Waals surface area contributed by atoms with Gasteiger partial charge in [-0.2, -0.15) is 0 Å². The number of hydrogen-bond acceptors (Lipinski definition) is 1. The monoisotopic (exact) mass is 437 g/mol. The van der Waals surface area contributed by atoms with Crippen LogP contribution in [0.2, 0.25) is 0 Å². The molecule has 0 aromatic heterocycles. The van der Waals surface area contributed by atoms with E-state index in [9.17, 15) is 0 Å². The molecule has 0 radical (unpaired) electrons. The SMILES string of the molecule is CC1=C(c2ccccc2)[C@H](c2ccccc2)C(/C=C/c2ccccc2)=NC=C1c1ccccc1. The van der Waals surface area contributed by atoms with Gasteiger partial charge in [-0.3, -0.25) is 4.99 Å². The van der Waals surface area contributed by atoms with Gasteiger partial charge in [-0.05, 0) is 46.4 Å². The van der Waals surface area contributed by atoms with Crippen LogP contribution < -0.4 is 0 Å². The molecule has 1 heteroatoms. The summed E-state index contributed by atoms with van der Waals surface area (Å²) in [6.45, 7) is 2.23. The number of hydrogen-bond donors (Lipinski definition) is 0. The topological polar surface area (TPSA) is 12.4 Å². The molecular weight excluding hydrogens is 410 g/mol. The summed E-state index contributed by atoms with van der Waals surface area (Å²) >= 11 is 0. The Labute approximate surface area is 202 Å². The summed E-state index contributed by atoms with van der Waals surface area (Å²) in [7, 11) is 0. The second kappa shape index (κ2) is 10.1. The molecule has 0 saturated heterocycles. The Morgan fingerprint density at radius 1 is 0.588 bits per heavy atom. The van der Waals surface area contributed by atoms with Gasteiger partial charge in [0.25, 0.3) is 0 Å². The molecule has 5 rings (SSSR count). The number of nitrogens with zero attached hydrogens (tertiary/aromatic N) is 1. The van der Waals surface area contributed by atoms with Gasteiger partial charge in [0.2, 0.25) is 0 Å². The predicted octanol–water partition coefficient (Wildman–Crippen LogP) is 8.45. The largest absolute Gasteiger partial charge is 0.260 e. The molecule has 0 unspecified atom stereocenters. The van der Waals surface area contributed by atoms with Crippen molar-refractivity contribution in [3.05, 3.63) is 161 Å². The molecule has 1 aliphatic heterocycles. The number of benzene rings is 4. The minimum Gasteiger partial charge on any atom is -0.260 e. The van der Waals surface area contributed by atoms with Crippen molar-refractivity contribution in [2.45, 2.75) is 12.8 Å². The van der Waals surface area contributed by atoms with Gasteiger partial charge in [0.1, 0.15) is 0 Å². The van der Waals surface area contributed by atoms with E-state index in [4.69, 9.17) is 4.99 Å². The van der Waals surface area contributed by atoms with Crippen molar-refractivity contribution in [1.29, 1.82) is 0 Å². The van der Waals surface area contributed by atoms with Crippen LogP contribution in [-0.2, 0) is 0 Å². The van der Waals surface area contributed by atoms with E-state index in [-0.39, 0.29) is 5.92 Å². The first kappa shape index (κ1) is 21.6. The van der Waals surface area contributed by atoms with E-state index >= 15 is 0 Å². The van der Waals surface area contributed by atoms with Gasteiger partial charge in [-0.15, -0.1) is 0 Å². The Hall–Kier alpha value is -4.23. The van der Waals surface area contributed by atoms with Gasteiger partial charge in [0, 0.05) is 11.8 Å². The Kier molecular flexibility index (Phi) is 6.45. The third kappa shape index (κ3) is 4.60. The fourth-order valence-corrected chi connectivity index (χ4v) is 4.60. The molecule has 1 aliphatic rings. The number of allylic oxidation sites excluding steroid dienone is 4. The van der Waals surface area contributed by atoms with E-state index in [1.165, 1.54) is 27.8 Å². The second-order valence-electron chi connectivity index (χ2n) is 8.46. The molecule has 0 aliphatic carbocycles. The summed E-state index contributed by atoms with van der Waals surface area (Å²) < 4.78 is 0. The Balaban J connectivity index is 1.75. The zero-order valence-corrected chi connectivity index (χ0v) is 19.3. The van der Waals surface area contributed by atoms with Gasteiger partial charge in [-0.25, -0.2) is 0 Å². The molecule has 0 saturated carbocycles. The summed E-state index contributed by atoms with van der Waals surface area (Å²) in [6.07, 6.45) is 6.38. The number of rotatable bonds is 5. The highest BCUT2D eigenvalue weighted by molar-refractivity contribution is 6.13. The molecule has 0 spiro atoms. The lowest BCUT2D eigenvalue weighted by Crippen LogP contribution is -2.13. The molecule has 1 heterocycles. The van der Waals surface area contributed by atoms with Gasteiger partial charge in [0.05, 0.1) is 11.6 Å². The highest BCUT2D eigenvalue weighted by atomic mass is 14.7. The third-order valence-corrected chi connectivity index (χ3v) is 6.28. The van der Waals surface area contributed by atoms with E-state index in [2.05, 4.69) is 134 Å². The minimum absolute atomic E-state index is 0.0148. The molecule has 1 nitrogen and oxygen atoms in total. The van der Waals surface area contributed by atoms with E-state index in [1.807, 2.05) is 12.3 Å². The molecule has 34 heavy (non-hydrogen) atoms. The lowest BCUT2D eigenvalue weighted by Gasteiger charge is -2.24. The third-order valence-electron chi connectivity index (χ3n) is 6.28. The maximum absolute atomic E-state index is 5.11. The molecule has 4 aromatic rings. The predicted molar refractivity (Wildman–Crippen MR) is 146 cm³/mol. The van der Waals surface area contributed by atoms with Crippen LogP contribution in [-0.4, -0.2) is 5.71 Å².